The van der Waals surface area contributed by atoms with Crippen LogP contribution in [0.5, 0.6) is 0 Å². The Balaban J connectivity index is 2.89. The zero-order valence-corrected chi connectivity index (χ0v) is 19.0. The number of nitrogens with one attached hydrogen (secondary N) is 1. The maximum absolute atomic E-state index is 11.8. The van der Waals surface area contributed by atoms with E-state index in [1.165, 1.54) is 0 Å². The van der Waals surface area contributed by atoms with Crippen LogP contribution in [0.3, 0.4) is 0 Å². The number of carboxylic acid groups (broad SMARTS) is 1. The number of rotatable bonds is 4. The van der Waals surface area contributed by atoms with Gasteiger partial charge in [0.1, 0.15) is 10.5 Å². The molecule has 0 saturated carbocycles. The molecule has 0 fully saturated rings. The molecule has 1 aromatic rings. The molecule has 0 aliphatic carbocycles. The van der Waals surface area contributed by atoms with E-state index < -0.39 is 26.0 Å². The van der Waals surface area contributed by atoms with E-state index >= 15 is 0 Å². The number of hydrogen-bond donors (Lipinski definition) is 2. The summed E-state index contributed by atoms with van der Waals surface area (Å²) in [6.07, 6.45) is -0.700. The van der Waals surface area contributed by atoms with Gasteiger partial charge in [0.25, 0.3) is 0 Å². The number of carboxylic acids is 1. The molecule has 0 aliphatic rings. The molecule has 150 valence electrons. The molecule has 2 N–H and O–H groups in total. The van der Waals surface area contributed by atoms with Crippen molar-refractivity contribution in [3.05, 3.63) is 10.6 Å². The lowest BCUT2D eigenvalue weighted by Gasteiger charge is -2.35. The average molecular weight is 413 g/mol. The van der Waals surface area contributed by atoms with Crippen LogP contribution in [0, 0.1) is 11.8 Å². The Morgan fingerprint density at radius 1 is 1.22 bits per heavy atom. The minimum absolute atomic E-state index is 0.0654. The van der Waals surface area contributed by atoms with Crippen molar-refractivity contribution in [2.75, 3.05) is 11.9 Å². The van der Waals surface area contributed by atoms with Gasteiger partial charge in [-0.1, -0.05) is 43.9 Å². The van der Waals surface area contributed by atoms with Crippen molar-refractivity contribution in [2.24, 2.45) is 0 Å². The molecule has 0 radical (unpaired) electrons. The lowest BCUT2D eigenvalue weighted by atomic mass is 10.2. The predicted molar refractivity (Wildman–Crippen MR) is 109 cm³/mol. The summed E-state index contributed by atoms with van der Waals surface area (Å²) in [5, 5.41) is 11.9. The smallest absolute Gasteiger partial charge is 0.413 e. The van der Waals surface area contributed by atoms with Crippen LogP contribution in [-0.2, 0) is 9.16 Å². The van der Waals surface area contributed by atoms with E-state index in [9.17, 15) is 14.7 Å². The van der Waals surface area contributed by atoms with Crippen LogP contribution in [0.15, 0.2) is 0 Å². The van der Waals surface area contributed by atoms with Crippen molar-refractivity contribution in [3.8, 4) is 11.8 Å². The van der Waals surface area contributed by atoms with E-state index in [1.807, 2.05) is 0 Å². The quantitative estimate of drug-likeness (QED) is 0.556. The molecule has 0 aromatic carbocycles. The summed E-state index contributed by atoms with van der Waals surface area (Å²) in [6, 6.07) is 0. The molecular weight excluding hydrogens is 384 g/mol. The number of anilines is 1. The maximum atomic E-state index is 11.8. The van der Waals surface area contributed by atoms with Crippen molar-refractivity contribution in [1.29, 1.82) is 0 Å². The highest BCUT2D eigenvalue weighted by Gasteiger charge is 2.36. The molecule has 9 heteroatoms. The maximum Gasteiger partial charge on any atom is 0.413 e. The second-order valence-electron chi connectivity index (χ2n) is 8.48. The fourth-order valence-electron chi connectivity index (χ4n) is 1.54. The first-order valence-electron chi connectivity index (χ1n) is 8.49. The van der Waals surface area contributed by atoms with Gasteiger partial charge in [-0.25, -0.2) is 14.6 Å². The van der Waals surface area contributed by atoms with Crippen LogP contribution in [0.4, 0.5) is 9.93 Å². The highest BCUT2D eigenvalue weighted by Crippen LogP contribution is 2.36. The SMILES string of the molecule is CC(C)(C)OC(=O)Nc1nc(C(=O)O)c(C#CCO[Si](C)(C)C(C)(C)C)s1. The number of ether oxygens (including phenoxy) is 1. The molecule has 0 atom stereocenters. The zero-order chi connectivity index (χ0) is 21.0. The number of thiazole rings is 1. The normalized spacial score (nSPS) is 12.1. The number of aromatic carboxylic acids is 1. The number of aromatic nitrogens is 1. The number of hydrogen-bond acceptors (Lipinski definition) is 6. The van der Waals surface area contributed by atoms with Crippen molar-refractivity contribution in [3.63, 3.8) is 0 Å². The first-order chi connectivity index (χ1) is 12.1. The van der Waals surface area contributed by atoms with E-state index in [0.29, 0.717) is 0 Å². The Kier molecular flexibility index (Phi) is 7.22. The molecule has 1 amide bonds. The molecule has 1 heterocycles. The van der Waals surface area contributed by atoms with Crippen LogP contribution in [0.2, 0.25) is 18.1 Å². The van der Waals surface area contributed by atoms with Gasteiger partial charge in [0.05, 0.1) is 6.61 Å². The topological polar surface area (TPSA) is 97.8 Å². The van der Waals surface area contributed by atoms with Gasteiger partial charge in [-0.15, -0.1) is 0 Å². The highest BCUT2D eigenvalue weighted by atomic mass is 32.1. The summed E-state index contributed by atoms with van der Waals surface area (Å²) in [5.41, 5.74) is -0.869. The third kappa shape index (κ3) is 7.32. The zero-order valence-electron chi connectivity index (χ0n) is 17.1. The second kappa shape index (κ2) is 8.42. The van der Waals surface area contributed by atoms with Gasteiger partial charge in [-0.2, -0.15) is 0 Å². The molecule has 0 bridgehead atoms. The summed E-state index contributed by atoms with van der Waals surface area (Å²) >= 11 is 0.984. The van der Waals surface area contributed by atoms with E-state index in [1.54, 1.807) is 20.8 Å². The number of amides is 1. The van der Waals surface area contributed by atoms with E-state index in [2.05, 4.69) is 56.0 Å². The molecule has 1 rings (SSSR count). The molecule has 0 saturated heterocycles. The molecule has 0 unspecified atom stereocenters. The number of carbonyl (C=O) groups excluding carboxylic acids is 1. The highest BCUT2D eigenvalue weighted by molar-refractivity contribution is 7.16. The fourth-order valence-corrected chi connectivity index (χ4v) is 3.23. The van der Waals surface area contributed by atoms with Gasteiger partial charge >= 0.3 is 12.1 Å². The van der Waals surface area contributed by atoms with E-state index in [-0.39, 0.29) is 27.3 Å². The Bertz CT molecular complexity index is 763. The molecular formula is C18H28N2O5SSi. The Labute approximate surface area is 165 Å². The van der Waals surface area contributed by atoms with Crippen LogP contribution < -0.4 is 5.32 Å². The molecule has 0 spiro atoms. The predicted octanol–water partition coefficient (Wildman–Crippen LogP) is 4.56. The van der Waals surface area contributed by atoms with Gasteiger partial charge in [0.2, 0.25) is 0 Å². The lowest BCUT2D eigenvalue weighted by Crippen LogP contribution is -2.40. The Morgan fingerprint density at radius 2 is 1.81 bits per heavy atom. The average Bonchev–Trinajstić information content (AvgIpc) is 2.83. The third-order valence-electron chi connectivity index (χ3n) is 3.95. The van der Waals surface area contributed by atoms with Crippen molar-refractivity contribution in [2.45, 2.75) is 65.3 Å². The minimum atomic E-state index is -1.92. The van der Waals surface area contributed by atoms with E-state index in [0.717, 1.165) is 11.3 Å². The summed E-state index contributed by atoms with van der Waals surface area (Å²) in [7, 11) is -1.92. The summed E-state index contributed by atoms with van der Waals surface area (Å²) in [4.78, 5) is 27.4. The lowest BCUT2D eigenvalue weighted by molar-refractivity contribution is 0.0632. The van der Waals surface area contributed by atoms with Crippen LogP contribution in [0.1, 0.15) is 56.9 Å². The number of carbonyl (C=O) groups is 2. The second-order valence-corrected chi connectivity index (χ2v) is 14.3. The Hall–Kier alpha value is -1.89. The van der Waals surface area contributed by atoms with E-state index in [4.69, 9.17) is 9.16 Å². The van der Waals surface area contributed by atoms with Crippen molar-refractivity contribution < 1.29 is 23.9 Å². The summed E-state index contributed by atoms with van der Waals surface area (Å²) in [5.74, 6) is 4.44. The summed E-state index contributed by atoms with van der Waals surface area (Å²) < 4.78 is 11.1. The fraction of sp³-hybridized carbons (Fsp3) is 0.611. The van der Waals surface area contributed by atoms with Gasteiger partial charge in [0.15, 0.2) is 19.1 Å². The van der Waals surface area contributed by atoms with Crippen molar-refractivity contribution in [1.82, 2.24) is 4.98 Å². The van der Waals surface area contributed by atoms with Gasteiger partial charge in [-0.3, -0.25) is 5.32 Å². The van der Waals surface area contributed by atoms with Crippen molar-refractivity contribution >= 4 is 36.8 Å². The van der Waals surface area contributed by atoms with Crippen LogP contribution in [-0.4, -0.2) is 42.7 Å². The third-order valence-corrected chi connectivity index (χ3v) is 9.32. The minimum Gasteiger partial charge on any atom is -0.476 e. The molecule has 7 nitrogen and oxygen atoms in total. The first kappa shape index (κ1) is 23.1. The van der Waals surface area contributed by atoms with Crippen LogP contribution >= 0.6 is 11.3 Å². The molecule has 27 heavy (non-hydrogen) atoms. The number of nitrogens with zero attached hydrogens (tertiary/aromatic N) is 1. The molecule has 1 aromatic heterocycles. The Morgan fingerprint density at radius 3 is 2.30 bits per heavy atom. The monoisotopic (exact) mass is 412 g/mol. The standard InChI is InChI=1S/C18H28N2O5SSi/c1-17(2,3)25-16(23)20-15-19-13(14(21)22)12(26-15)10-9-11-24-27(7,8)18(4,5)6/h11H2,1-8H3,(H,21,22)(H,19,20,23). The molecule has 0 aliphatic heterocycles. The first-order valence-corrected chi connectivity index (χ1v) is 12.2. The van der Waals surface area contributed by atoms with Gasteiger partial charge in [-0.05, 0) is 38.9 Å². The van der Waals surface area contributed by atoms with Gasteiger partial charge < -0.3 is 14.3 Å². The largest absolute Gasteiger partial charge is 0.476 e. The van der Waals surface area contributed by atoms with Crippen LogP contribution in [0.25, 0.3) is 0 Å². The summed E-state index contributed by atoms with van der Waals surface area (Å²) in [6.45, 7) is 16.0. The van der Waals surface area contributed by atoms with Gasteiger partial charge in [0, 0.05) is 0 Å².